The fraction of sp³-hybridized carbons (Fsp3) is 0.0909. The van der Waals surface area contributed by atoms with Crippen LogP contribution >= 0.6 is 0 Å². The summed E-state index contributed by atoms with van der Waals surface area (Å²) in [5.74, 6) is -1.69. The van der Waals surface area contributed by atoms with Gasteiger partial charge in [-0.05, 0) is 18.2 Å². The molecular formula is C11H8FNO4. The summed E-state index contributed by atoms with van der Waals surface area (Å²) in [6, 6.07) is 5.24. The number of carboxylic acids is 1. The van der Waals surface area contributed by atoms with Crippen LogP contribution in [0.25, 0.3) is 11.3 Å². The first-order valence-electron chi connectivity index (χ1n) is 4.65. The zero-order chi connectivity index (χ0) is 12.4. The molecule has 2 rings (SSSR count). The summed E-state index contributed by atoms with van der Waals surface area (Å²) in [5.41, 5.74) is 0.236. The second-order valence-corrected chi connectivity index (χ2v) is 3.23. The maximum Gasteiger partial charge on any atom is 0.374 e. The molecule has 1 aromatic heterocycles. The largest absolute Gasteiger partial charge is 0.497 e. The molecule has 6 heteroatoms. The summed E-state index contributed by atoms with van der Waals surface area (Å²) in [6.07, 6.45) is 0. The monoisotopic (exact) mass is 237 g/mol. The minimum Gasteiger partial charge on any atom is -0.497 e. The minimum absolute atomic E-state index is 0.110. The number of hydrogen-bond acceptors (Lipinski definition) is 4. The molecule has 0 atom stereocenters. The Labute approximate surface area is 95.4 Å². The van der Waals surface area contributed by atoms with E-state index < -0.39 is 11.8 Å². The third kappa shape index (κ3) is 2.10. The maximum atomic E-state index is 13.5. The Morgan fingerprint density at radius 1 is 1.47 bits per heavy atom. The molecule has 1 heterocycles. The molecule has 2 aromatic rings. The van der Waals surface area contributed by atoms with Crippen LogP contribution in [-0.2, 0) is 0 Å². The molecule has 0 bridgehead atoms. The van der Waals surface area contributed by atoms with Gasteiger partial charge in [0.2, 0.25) is 5.76 Å². The van der Waals surface area contributed by atoms with Gasteiger partial charge in [0.15, 0.2) is 0 Å². The van der Waals surface area contributed by atoms with Gasteiger partial charge < -0.3 is 14.4 Å². The van der Waals surface area contributed by atoms with E-state index in [0.29, 0.717) is 5.75 Å². The zero-order valence-corrected chi connectivity index (χ0v) is 8.81. The zero-order valence-electron chi connectivity index (χ0n) is 8.81. The second-order valence-electron chi connectivity index (χ2n) is 3.23. The molecule has 1 aromatic carbocycles. The number of nitrogens with zero attached hydrogens (tertiary/aromatic N) is 1. The van der Waals surface area contributed by atoms with Crippen LogP contribution in [0.1, 0.15) is 10.6 Å². The van der Waals surface area contributed by atoms with Gasteiger partial charge in [-0.3, -0.25) is 0 Å². The van der Waals surface area contributed by atoms with Crippen molar-refractivity contribution in [2.75, 3.05) is 7.11 Å². The summed E-state index contributed by atoms with van der Waals surface area (Å²) >= 11 is 0. The molecule has 0 aliphatic carbocycles. The quantitative estimate of drug-likeness (QED) is 0.885. The van der Waals surface area contributed by atoms with Gasteiger partial charge in [0, 0.05) is 11.6 Å². The summed E-state index contributed by atoms with van der Waals surface area (Å²) in [5, 5.41) is 12.2. The normalized spacial score (nSPS) is 10.2. The first-order chi connectivity index (χ1) is 8.11. The van der Waals surface area contributed by atoms with E-state index in [1.807, 2.05) is 0 Å². The lowest BCUT2D eigenvalue weighted by atomic mass is 10.1. The Hall–Kier alpha value is -2.37. The molecule has 0 unspecified atom stereocenters. The van der Waals surface area contributed by atoms with Gasteiger partial charge >= 0.3 is 5.97 Å². The summed E-state index contributed by atoms with van der Waals surface area (Å²) in [6.45, 7) is 0. The SMILES string of the molecule is COc1ccc(F)c(-c2cc(C(=O)O)on2)c1. The molecule has 88 valence electrons. The van der Waals surface area contributed by atoms with Crippen molar-refractivity contribution >= 4 is 5.97 Å². The highest BCUT2D eigenvalue weighted by atomic mass is 19.1. The standard InChI is InChI=1S/C11H8FNO4/c1-16-6-2-3-8(12)7(4-6)9-5-10(11(14)15)17-13-9/h2-5H,1H3,(H,14,15). The average Bonchev–Trinajstić information content (AvgIpc) is 2.79. The number of carbonyl (C=O) groups is 1. The molecule has 0 spiro atoms. The van der Waals surface area contributed by atoms with E-state index in [-0.39, 0.29) is 17.0 Å². The lowest BCUT2D eigenvalue weighted by Crippen LogP contribution is -1.92. The predicted molar refractivity (Wildman–Crippen MR) is 55.4 cm³/mol. The molecule has 0 fully saturated rings. The van der Waals surface area contributed by atoms with Crippen LogP contribution in [0.2, 0.25) is 0 Å². The van der Waals surface area contributed by atoms with Crippen LogP contribution < -0.4 is 4.74 Å². The van der Waals surface area contributed by atoms with E-state index in [4.69, 9.17) is 9.84 Å². The van der Waals surface area contributed by atoms with Crippen molar-refractivity contribution < 1.29 is 23.6 Å². The number of ether oxygens (including phenoxy) is 1. The summed E-state index contributed by atoms with van der Waals surface area (Å²) < 4.78 is 23.0. The van der Waals surface area contributed by atoms with Crippen molar-refractivity contribution in [3.8, 4) is 17.0 Å². The van der Waals surface area contributed by atoms with Crippen molar-refractivity contribution in [1.29, 1.82) is 0 Å². The minimum atomic E-state index is -1.26. The fourth-order valence-electron chi connectivity index (χ4n) is 1.33. The number of aromatic nitrogens is 1. The predicted octanol–water partition coefficient (Wildman–Crippen LogP) is 2.19. The van der Waals surface area contributed by atoms with Gasteiger partial charge in [0.1, 0.15) is 17.3 Å². The van der Waals surface area contributed by atoms with E-state index in [0.717, 1.165) is 6.07 Å². The van der Waals surface area contributed by atoms with Gasteiger partial charge in [-0.25, -0.2) is 9.18 Å². The molecular weight excluding hydrogens is 229 g/mol. The first kappa shape index (κ1) is 11.1. The van der Waals surface area contributed by atoms with Crippen molar-refractivity contribution in [2.24, 2.45) is 0 Å². The van der Waals surface area contributed by atoms with E-state index in [1.165, 1.54) is 25.3 Å². The highest BCUT2D eigenvalue weighted by molar-refractivity contribution is 5.85. The highest BCUT2D eigenvalue weighted by Gasteiger charge is 2.15. The van der Waals surface area contributed by atoms with Gasteiger partial charge in [-0.15, -0.1) is 0 Å². The van der Waals surface area contributed by atoms with E-state index in [2.05, 4.69) is 9.68 Å². The molecule has 5 nitrogen and oxygen atoms in total. The van der Waals surface area contributed by atoms with E-state index >= 15 is 0 Å². The Morgan fingerprint density at radius 3 is 2.82 bits per heavy atom. The molecule has 0 saturated heterocycles. The van der Waals surface area contributed by atoms with Crippen LogP contribution in [0.5, 0.6) is 5.75 Å². The Balaban J connectivity index is 2.47. The van der Waals surface area contributed by atoms with Crippen molar-refractivity contribution in [3.63, 3.8) is 0 Å². The van der Waals surface area contributed by atoms with E-state index in [1.54, 1.807) is 0 Å². The second kappa shape index (κ2) is 4.25. The topological polar surface area (TPSA) is 72.6 Å². The number of aromatic carboxylic acids is 1. The van der Waals surface area contributed by atoms with Crippen molar-refractivity contribution in [3.05, 3.63) is 35.8 Å². The van der Waals surface area contributed by atoms with Crippen LogP contribution in [0.3, 0.4) is 0 Å². The van der Waals surface area contributed by atoms with Gasteiger partial charge in [0.25, 0.3) is 0 Å². The number of rotatable bonds is 3. The molecule has 0 radical (unpaired) electrons. The molecule has 0 aliphatic heterocycles. The van der Waals surface area contributed by atoms with Gasteiger partial charge in [0.05, 0.1) is 7.11 Å². The van der Waals surface area contributed by atoms with Crippen molar-refractivity contribution in [1.82, 2.24) is 5.16 Å². The number of hydrogen-bond donors (Lipinski definition) is 1. The first-order valence-corrected chi connectivity index (χ1v) is 4.65. The van der Waals surface area contributed by atoms with Crippen LogP contribution in [0.4, 0.5) is 4.39 Å². The van der Waals surface area contributed by atoms with Crippen molar-refractivity contribution in [2.45, 2.75) is 0 Å². The third-order valence-corrected chi connectivity index (χ3v) is 2.17. The smallest absolute Gasteiger partial charge is 0.374 e. The van der Waals surface area contributed by atoms with E-state index in [9.17, 15) is 9.18 Å². The lowest BCUT2D eigenvalue weighted by Gasteiger charge is -2.02. The lowest BCUT2D eigenvalue weighted by molar-refractivity contribution is 0.0652. The van der Waals surface area contributed by atoms with Crippen LogP contribution in [0.15, 0.2) is 28.8 Å². The fourth-order valence-corrected chi connectivity index (χ4v) is 1.33. The summed E-state index contributed by atoms with van der Waals surface area (Å²) in [7, 11) is 1.45. The summed E-state index contributed by atoms with van der Waals surface area (Å²) in [4.78, 5) is 10.6. The highest BCUT2D eigenvalue weighted by Crippen LogP contribution is 2.26. The molecule has 0 amide bonds. The molecule has 17 heavy (non-hydrogen) atoms. The van der Waals surface area contributed by atoms with Gasteiger partial charge in [-0.1, -0.05) is 5.16 Å². The average molecular weight is 237 g/mol. The Morgan fingerprint density at radius 2 is 2.24 bits per heavy atom. The van der Waals surface area contributed by atoms with Crippen LogP contribution in [0, 0.1) is 5.82 Å². The molecule has 1 N–H and O–H groups in total. The Kier molecular flexibility index (Phi) is 2.78. The number of methoxy groups -OCH3 is 1. The third-order valence-electron chi connectivity index (χ3n) is 2.17. The Bertz CT molecular complexity index is 564. The number of carboxylic acid groups (broad SMARTS) is 1. The maximum absolute atomic E-state index is 13.5. The molecule has 0 saturated carbocycles. The number of benzene rings is 1. The van der Waals surface area contributed by atoms with Gasteiger partial charge in [-0.2, -0.15) is 0 Å². The van der Waals surface area contributed by atoms with Crippen LogP contribution in [-0.4, -0.2) is 23.3 Å². The number of halogens is 1. The molecule has 0 aliphatic rings.